The molecular formula is C28H28N4O2S. The number of ether oxygens (including phenoxy) is 1. The number of methoxy groups -OCH3 is 1. The zero-order valence-corrected chi connectivity index (χ0v) is 20.8. The van der Waals surface area contributed by atoms with Crippen LogP contribution in [0.1, 0.15) is 34.3 Å². The van der Waals surface area contributed by atoms with E-state index in [0.29, 0.717) is 5.75 Å². The molecule has 0 bridgehead atoms. The van der Waals surface area contributed by atoms with Gasteiger partial charge in [-0.2, -0.15) is 0 Å². The van der Waals surface area contributed by atoms with Crippen LogP contribution in [-0.4, -0.2) is 45.8 Å². The van der Waals surface area contributed by atoms with Gasteiger partial charge in [0.25, 0.3) is 5.91 Å². The fourth-order valence-corrected chi connectivity index (χ4v) is 5.36. The largest absolute Gasteiger partial charge is 0.497 e. The van der Waals surface area contributed by atoms with Crippen molar-refractivity contribution in [2.24, 2.45) is 0 Å². The highest BCUT2D eigenvalue weighted by molar-refractivity contribution is 7.98. The molecule has 1 aliphatic heterocycles. The molecule has 178 valence electrons. The topological polar surface area (TPSA) is 60.3 Å². The molecule has 35 heavy (non-hydrogen) atoms. The third-order valence-corrected chi connectivity index (χ3v) is 7.20. The van der Waals surface area contributed by atoms with Crippen LogP contribution in [0.25, 0.3) is 17.1 Å². The van der Waals surface area contributed by atoms with Gasteiger partial charge in [0.1, 0.15) is 5.75 Å². The van der Waals surface area contributed by atoms with Crippen LogP contribution in [0.3, 0.4) is 0 Å². The Bertz CT molecular complexity index is 1340. The van der Waals surface area contributed by atoms with Crippen molar-refractivity contribution < 1.29 is 9.53 Å². The van der Waals surface area contributed by atoms with Gasteiger partial charge in [-0.25, -0.2) is 0 Å². The van der Waals surface area contributed by atoms with Crippen LogP contribution in [0.15, 0.2) is 78.0 Å². The minimum absolute atomic E-state index is 0.121. The van der Waals surface area contributed by atoms with E-state index in [1.54, 1.807) is 18.9 Å². The normalized spacial score (nSPS) is 13.3. The molecule has 4 aromatic rings. The molecule has 0 unspecified atom stereocenters. The highest BCUT2D eigenvalue weighted by Gasteiger charge is 2.22. The minimum Gasteiger partial charge on any atom is -0.497 e. The quantitative estimate of drug-likeness (QED) is 0.311. The molecule has 5 rings (SSSR count). The van der Waals surface area contributed by atoms with Crippen molar-refractivity contribution in [1.29, 1.82) is 0 Å². The van der Waals surface area contributed by atoms with Gasteiger partial charge in [-0.05, 0) is 61.2 Å². The van der Waals surface area contributed by atoms with Crippen molar-refractivity contribution in [2.45, 2.75) is 30.7 Å². The summed E-state index contributed by atoms with van der Waals surface area (Å²) in [6, 6.07) is 24.1. The van der Waals surface area contributed by atoms with E-state index in [-0.39, 0.29) is 5.91 Å². The summed E-state index contributed by atoms with van der Waals surface area (Å²) in [7, 11) is 1.66. The van der Waals surface area contributed by atoms with Gasteiger partial charge in [-0.1, -0.05) is 54.2 Å². The SMILES string of the molecule is COc1cccc(-c2nnc(SCc3ccccc3C(=O)N3CCCC3)n2-c2cccc(C)c2)c1. The number of carbonyl (C=O) groups is 1. The molecule has 0 radical (unpaired) electrons. The molecule has 2 heterocycles. The summed E-state index contributed by atoms with van der Waals surface area (Å²) < 4.78 is 7.51. The third-order valence-electron chi connectivity index (χ3n) is 6.22. The lowest BCUT2D eigenvalue weighted by atomic mass is 10.1. The van der Waals surface area contributed by atoms with Gasteiger partial charge < -0.3 is 9.64 Å². The van der Waals surface area contributed by atoms with E-state index in [2.05, 4.69) is 39.9 Å². The fourth-order valence-electron chi connectivity index (χ4n) is 4.40. The molecule has 1 amide bonds. The number of benzene rings is 3. The summed E-state index contributed by atoms with van der Waals surface area (Å²) in [5.41, 5.74) is 4.87. The number of aromatic nitrogens is 3. The van der Waals surface area contributed by atoms with E-state index in [0.717, 1.165) is 70.6 Å². The summed E-state index contributed by atoms with van der Waals surface area (Å²) in [6.07, 6.45) is 2.16. The first-order valence-corrected chi connectivity index (χ1v) is 12.8. The summed E-state index contributed by atoms with van der Waals surface area (Å²) in [6.45, 7) is 3.75. The van der Waals surface area contributed by atoms with Crippen molar-refractivity contribution in [3.05, 3.63) is 89.5 Å². The molecule has 1 aliphatic rings. The first-order valence-electron chi connectivity index (χ1n) is 11.8. The molecule has 0 spiro atoms. The lowest BCUT2D eigenvalue weighted by Gasteiger charge is -2.17. The predicted octanol–water partition coefficient (Wildman–Crippen LogP) is 5.78. The molecule has 6 nitrogen and oxygen atoms in total. The van der Waals surface area contributed by atoms with Crippen LogP contribution in [0.2, 0.25) is 0 Å². The van der Waals surface area contributed by atoms with Crippen LogP contribution in [0.4, 0.5) is 0 Å². The summed E-state index contributed by atoms with van der Waals surface area (Å²) in [5, 5.41) is 9.90. The van der Waals surface area contributed by atoms with Crippen molar-refractivity contribution in [3.8, 4) is 22.8 Å². The van der Waals surface area contributed by atoms with E-state index in [4.69, 9.17) is 4.74 Å². The van der Waals surface area contributed by atoms with Crippen LogP contribution in [0, 0.1) is 6.92 Å². The molecular weight excluding hydrogens is 456 g/mol. The molecule has 7 heteroatoms. The van der Waals surface area contributed by atoms with Gasteiger partial charge >= 0.3 is 0 Å². The highest BCUT2D eigenvalue weighted by atomic mass is 32.2. The average molecular weight is 485 g/mol. The number of nitrogens with zero attached hydrogens (tertiary/aromatic N) is 4. The van der Waals surface area contributed by atoms with E-state index < -0.39 is 0 Å². The van der Waals surface area contributed by atoms with Crippen LogP contribution in [0.5, 0.6) is 5.75 Å². The lowest BCUT2D eigenvalue weighted by Crippen LogP contribution is -2.28. The molecule has 1 saturated heterocycles. The molecule has 3 aromatic carbocycles. The molecule has 1 aromatic heterocycles. The van der Waals surface area contributed by atoms with Crippen molar-refractivity contribution in [1.82, 2.24) is 19.7 Å². The van der Waals surface area contributed by atoms with Gasteiger partial charge in [-0.3, -0.25) is 9.36 Å². The summed E-state index contributed by atoms with van der Waals surface area (Å²) in [5.74, 6) is 2.26. The number of aryl methyl sites for hydroxylation is 1. The maximum absolute atomic E-state index is 13.1. The Morgan fingerprint density at radius 1 is 0.971 bits per heavy atom. The summed E-state index contributed by atoms with van der Waals surface area (Å²) in [4.78, 5) is 15.1. The smallest absolute Gasteiger partial charge is 0.254 e. The molecule has 0 aliphatic carbocycles. The van der Waals surface area contributed by atoms with Gasteiger partial charge in [0.2, 0.25) is 0 Å². The first kappa shape index (κ1) is 23.2. The Morgan fingerprint density at radius 3 is 2.57 bits per heavy atom. The third kappa shape index (κ3) is 4.95. The van der Waals surface area contributed by atoms with E-state index >= 15 is 0 Å². The maximum atomic E-state index is 13.1. The number of carbonyl (C=O) groups excluding carboxylic acids is 1. The second-order valence-electron chi connectivity index (χ2n) is 8.66. The standard InChI is InChI=1S/C28H28N4O2S/c1-20-9-7-12-23(17-20)32-26(21-11-8-13-24(18-21)34-2)29-30-28(32)35-19-22-10-3-4-14-25(22)27(33)31-15-5-6-16-31/h3-4,7-14,17-18H,5-6,15-16,19H2,1-2H3. The van der Waals surface area contributed by atoms with Crippen LogP contribution < -0.4 is 4.74 Å². The molecule has 0 saturated carbocycles. The number of hydrogen-bond donors (Lipinski definition) is 0. The summed E-state index contributed by atoms with van der Waals surface area (Å²) >= 11 is 1.59. The Hall–Kier alpha value is -3.58. The monoisotopic (exact) mass is 484 g/mol. The highest BCUT2D eigenvalue weighted by Crippen LogP contribution is 2.32. The Balaban J connectivity index is 1.49. The Kier molecular flexibility index (Phi) is 6.86. The second kappa shape index (κ2) is 10.4. The zero-order valence-electron chi connectivity index (χ0n) is 20.0. The number of hydrogen-bond acceptors (Lipinski definition) is 5. The van der Waals surface area contributed by atoms with Crippen LogP contribution in [-0.2, 0) is 5.75 Å². The van der Waals surface area contributed by atoms with E-state index in [9.17, 15) is 4.79 Å². The van der Waals surface area contributed by atoms with Crippen molar-refractivity contribution >= 4 is 17.7 Å². The van der Waals surface area contributed by atoms with Gasteiger partial charge in [0.15, 0.2) is 11.0 Å². The first-order chi connectivity index (χ1) is 17.1. The number of amides is 1. The van der Waals surface area contributed by atoms with Gasteiger partial charge in [-0.15, -0.1) is 10.2 Å². The van der Waals surface area contributed by atoms with Gasteiger partial charge in [0.05, 0.1) is 7.11 Å². The predicted molar refractivity (Wildman–Crippen MR) is 139 cm³/mol. The molecule has 0 atom stereocenters. The van der Waals surface area contributed by atoms with Crippen molar-refractivity contribution in [2.75, 3.05) is 20.2 Å². The van der Waals surface area contributed by atoms with Crippen LogP contribution >= 0.6 is 11.8 Å². The molecule has 1 fully saturated rings. The zero-order chi connectivity index (χ0) is 24.2. The fraction of sp³-hybridized carbons (Fsp3) is 0.250. The minimum atomic E-state index is 0.121. The maximum Gasteiger partial charge on any atom is 0.254 e. The van der Waals surface area contributed by atoms with Crippen molar-refractivity contribution in [3.63, 3.8) is 0 Å². The second-order valence-corrected chi connectivity index (χ2v) is 9.60. The van der Waals surface area contributed by atoms with E-state index in [1.165, 1.54) is 0 Å². The van der Waals surface area contributed by atoms with Gasteiger partial charge in [0, 0.05) is 35.7 Å². The number of thioether (sulfide) groups is 1. The average Bonchev–Trinajstić information content (AvgIpc) is 3.58. The lowest BCUT2D eigenvalue weighted by molar-refractivity contribution is 0.0792. The van der Waals surface area contributed by atoms with E-state index in [1.807, 2.05) is 59.5 Å². The number of rotatable bonds is 7. The Morgan fingerprint density at radius 2 is 1.77 bits per heavy atom. The Labute approximate surface area is 210 Å². The number of likely N-dealkylation sites (tertiary alicyclic amines) is 1. The molecule has 0 N–H and O–H groups in total.